The molecule has 0 spiro atoms. The summed E-state index contributed by atoms with van der Waals surface area (Å²) in [5.41, 5.74) is 7.48. The largest absolute Gasteiger partial charge is 0.497 e. The van der Waals surface area contributed by atoms with Crippen LogP contribution in [0.1, 0.15) is 19.4 Å². The van der Waals surface area contributed by atoms with Crippen LogP contribution in [0, 0.1) is 0 Å². The number of benzene rings is 1. The van der Waals surface area contributed by atoms with Crippen LogP contribution in [0.2, 0.25) is 0 Å². The van der Waals surface area contributed by atoms with E-state index in [1.807, 2.05) is 18.2 Å². The van der Waals surface area contributed by atoms with E-state index < -0.39 is 0 Å². The van der Waals surface area contributed by atoms with E-state index >= 15 is 0 Å². The first-order valence-corrected chi connectivity index (χ1v) is 7.21. The van der Waals surface area contributed by atoms with Crippen molar-refractivity contribution in [2.45, 2.75) is 19.9 Å². The van der Waals surface area contributed by atoms with Crippen molar-refractivity contribution >= 4 is 11.5 Å². The third-order valence-electron chi connectivity index (χ3n) is 3.97. The monoisotopic (exact) mass is 292 g/mol. The molecule has 0 amide bonds. The number of piperazine rings is 1. The molecule has 0 unspecified atom stereocenters. The predicted molar refractivity (Wildman–Crippen MR) is 84.4 cm³/mol. The molecule has 0 radical (unpaired) electrons. The summed E-state index contributed by atoms with van der Waals surface area (Å²) in [6.07, 6.45) is 0. The number of oxime groups is 1. The maximum absolute atomic E-state index is 8.96. The van der Waals surface area contributed by atoms with Crippen LogP contribution in [0.15, 0.2) is 23.4 Å². The highest BCUT2D eigenvalue weighted by Gasteiger charge is 2.22. The Morgan fingerprint density at radius 2 is 1.95 bits per heavy atom. The van der Waals surface area contributed by atoms with Crippen LogP contribution in [0.3, 0.4) is 0 Å². The van der Waals surface area contributed by atoms with E-state index in [1.54, 1.807) is 7.11 Å². The maximum Gasteiger partial charge on any atom is 0.172 e. The van der Waals surface area contributed by atoms with E-state index in [4.69, 9.17) is 15.7 Å². The molecule has 1 fully saturated rings. The molecule has 1 aromatic carbocycles. The summed E-state index contributed by atoms with van der Waals surface area (Å²) >= 11 is 0. The van der Waals surface area contributed by atoms with Crippen molar-refractivity contribution in [2.24, 2.45) is 10.9 Å². The van der Waals surface area contributed by atoms with Gasteiger partial charge in [0.15, 0.2) is 5.84 Å². The Morgan fingerprint density at radius 1 is 1.29 bits per heavy atom. The van der Waals surface area contributed by atoms with Gasteiger partial charge in [-0.05, 0) is 26.0 Å². The molecule has 0 saturated carbocycles. The Morgan fingerprint density at radius 3 is 2.48 bits per heavy atom. The summed E-state index contributed by atoms with van der Waals surface area (Å²) in [7, 11) is 1.64. The van der Waals surface area contributed by atoms with Crippen LogP contribution in [-0.4, -0.2) is 55.3 Å². The first-order chi connectivity index (χ1) is 10.1. The Labute approximate surface area is 125 Å². The smallest absolute Gasteiger partial charge is 0.172 e. The van der Waals surface area contributed by atoms with E-state index in [9.17, 15) is 0 Å². The topological polar surface area (TPSA) is 74.3 Å². The quantitative estimate of drug-likeness (QED) is 0.379. The second-order valence-electron chi connectivity index (χ2n) is 5.49. The molecule has 0 atom stereocenters. The van der Waals surface area contributed by atoms with Crippen molar-refractivity contribution < 1.29 is 9.94 Å². The summed E-state index contributed by atoms with van der Waals surface area (Å²) in [6, 6.07) is 6.15. The van der Waals surface area contributed by atoms with Crippen molar-refractivity contribution in [1.82, 2.24) is 4.90 Å². The number of nitrogens with zero attached hydrogens (tertiary/aromatic N) is 3. The van der Waals surface area contributed by atoms with Crippen molar-refractivity contribution in [2.75, 3.05) is 38.2 Å². The van der Waals surface area contributed by atoms with Gasteiger partial charge in [-0.2, -0.15) is 0 Å². The fourth-order valence-corrected chi connectivity index (χ4v) is 2.65. The molecule has 6 heteroatoms. The Kier molecular flexibility index (Phi) is 4.90. The van der Waals surface area contributed by atoms with Gasteiger partial charge in [0.1, 0.15) is 5.75 Å². The van der Waals surface area contributed by atoms with Crippen LogP contribution < -0.4 is 15.4 Å². The highest BCUT2D eigenvalue weighted by Crippen LogP contribution is 2.27. The highest BCUT2D eigenvalue weighted by atomic mass is 16.5. The van der Waals surface area contributed by atoms with E-state index in [2.05, 4.69) is 28.8 Å². The first-order valence-electron chi connectivity index (χ1n) is 7.21. The zero-order valence-corrected chi connectivity index (χ0v) is 12.9. The number of anilines is 1. The Hall–Kier alpha value is -1.95. The Bertz CT molecular complexity index is 508. The molecule has 0 bridgehead atoms. The highest BCUT2D eigenvalue weighted by molar-refractivity contribution is 6.02. The van der Waals surface area contributed by atoms with Gasteiger partial charge in [-0.1, -0.05) is 5.16 Å². The zero-order chi connectivity index (χ0) is 15.4. The van der Waals surface area contributed by atoms with Gasteiger partial charge in [-0.3, -0.25) is 4.90 Å². The van der Waals surface area contributed by atoms with Gasteiger partial charge in [0.2, 0.25) is 0 Å². The lowest BCUT2D eigenvalue weighted by molar-refractivity contribution is 0.209. The fraction of sp³-hybridized carbons (Fsp3) is 0.533. The third-order valence-corrected chi connectivity index (χ3v) is 3.97. The molecule has 6 nitrogen and oxygen atoms in total. The molecule has 1 saturated heterocycles. The average Bonchev–Trinajstić information content (AvgIpc) is 2.53. The molecule has 0 aliphatic carbocycles. The van der Waals surface area contributed by atoms with Gasteiger partial charge in [0.25, 0.3) is 0 Å². The second-order valence-corrected chi connectivity index (χ2v) is 5.49. The number of rotatable bonds is 4. The molecule has 116 valence electrons. The van der Waals surface area contributed by atoms with E-state index in [-0.39, 0.29) is 5.84 Å². The lowest BCUT2D eigenvalue weighted by Gasteiger charge is -2.38. The summed E-state index contributed by atoms with van der Waals surface area (Å²) < 4.78 is 5.29. The summed E-state index contributed by atoms with van der Waals surface area (Å²) in [5, 5.41) is 12.1. The molecule has 1 aliphatic heterocycles. The van der Waals surface area contributed by atoms with Gasteiger partial charge in [0, 0.05) is 43.9 Å². The van der Waals surface area contributed by atoms with Crippen LogP contribution in [0.5, 0.6) is 5.75 Å². The molecule has 2 rings (SSSR count). The first kappa shape index (κ1) is 15.4. The molecular weight excluding hydrogens is 268 g/mol. The molecule has 1 heterocycles. The maximum atomic E-state index is 8.96. The second kappa shape index (κ2) is 6.67. The molecule has 3 N–H and O–H groups in total. The number of nitrogens with two attached hydrogens (primary N) is 1. The number of ether oxygens (including phenoxy) is 1. The fourth-order valence-electron chi connectivity index (χ4n) is 2.65. The van der Waals surface area contributed by atoms with Gasteiger partial charge < -0.3 is 20.6 Å². The van der Waals surface area contributed by atoms with Crippen LogP contribution in [0.4, 0.5) is 5.69 Å². The van der Waals surface area contributed by atoms with E-state index in [1.165, 1.54) is 0 Å². The van der Waals surface area contributed by atoms with Crippen molar-refractivity contribution in [3.05, 3.63) is 23.8 Å². The average molecular weight is 292 g/mol. The third kappa shape index (κ3) is 3.39. The predicted octanol–water partition coefficient (Wildman–Crippen LogP) is 1.32. The molecule has 1 aliphatic rings. The summed E-state index contributed by atoms with van der Waals surface area (Å²) in [4.78, 5) is 4.70. The van der Waals surface area contributed by atoms with Crippen LogP contribution in [0.25, 0.3) is 0 Å². The molecule has 1 aromatic rings. The van der Waals surface area contributed by atoms with Gasteiger partial charge >= 0.3 is 0 Å². The normalized spacial score (nSPS) is 17.3. The Balaban J connectivity index is 2.26. The van der Waals surface area contributed by atoms with Crippen molar-refractivity contribution in [3.8, 4) is 5.75 Å². The number of hydrogen-bond donors (Lipinski definition) is 2. The molecule has 0 aromatic heterocycles. The minimum absolute atomic E-state index is 0.124. The minimum atomic E-state index is 0.124. The lowest BCUT2D eigenvalue weighted by atomic mass is 10.1. The summed E-state index contributed by atoms with van der Waals surface area (Å²) in [5.74, 6) is 0.893. The molecular formula is C15H24N4O2. The zero-order valence-electron chi connectivity index (χ0n) is 12.9. The van der Waals surface area contributed by atoms with Crippen molar-refractivity contribution in [3.63, 3.8) is 0 Å². The number of hydrogen-bond acceptors (Lipinski definition) is 5. The SMILES string of the molecule is COc1ccc(/C(N)=N/O)c(N2CCN(C(C)C)CC2)c1. The molecule has 21 heavy (non-hydrogen) atoms. The standard InChI is InChI=1S/C15H24N4O2/c1-11(2)18-6-8-19(9-7-18)14-10-12(21-3)4-5-13(14)15(16)17-20/h4-5,10-11,20H,6-9H2,1-3H3,(H2,16,17). The van der Waals surface area contributed by atoms with Gasteiger partial charge in [0.05, 0.1) is 12.8 Å². The number of methoxy groups -OCH3 is 1. The number of amidine groups is 1. The van der Waals surface area contributed by atoms with Gasteiger partial charge in [-0.15, -0.1) is 0 Å². The van der Waals surface area contributed by atoms with Crippen LogP contribution in [-0.2, 0) is 0 Å². The van der Waals surface area contributed by atoms with Gasteiger partial charge in [-0.25, -0.2) is 0 Å². The van der Waals surface area contributed by atoms with E-state index in [0.29, 0.717) is 6.04 Å². The van der Waals surface area contributed by atoms with Crippen molar-refractivity contribution in [1.29, 1.82) is 0 Å². The van der Waals surface area contributed by atoms with E-state index in [0.717, 1.165) is 43.2 Å². The lowest BCUT2D eigenvalue weighted by Crippen LogP contribution is -2.49. The van der Waals surface area contributed by atoms with Crippen LogP contribution >= 0.6 is 0 Å². The summed E-state index contributed by atoms with van der Waals surface area (Å²) in [6.45, 7) is 8.26. The minimum Gasteiger partial charge on any atom is -0.497 e.